The third kappa shape index (κ3) is 4.47. The van der Waals surface area contributed by atoms with Crippen molar-refractivity contribution >= 4 is 5.82 Å². The predicted octanol–water partition coefficient (Wildman–Crippen LogP) is 2.08. The Kier molecular flexibility index (Phi) is 6.09. The molecule has 2 aliphatic heterocycles. The maximum atomic E-state index is 5.48. The maximum absolute atomic E-state index is 5.48. The Hall–Kier alpha value is -1.17. The van der Waals surface area contributed by atoms with Crippen LogP contribution < -0.4 is 4.90 Å². The van der Waals surface area contributed by atoms with E-state index in [1.165, 1.54) is 31.5 Å². The third-order valence-corrected chi connectivity index (χ3v) is 5.61. The van der Waals surface area contributed by atoms with E-state index in [9.17, 15) is 0 Å². The minimum atomic E-state index is 0.692. The SMILES string of the molecule is CC(C1CCN(Cc2ccc(N(C)C)nc2)CC1)N1CCOCC1. The zero-order valence-corrected chi connectivity index (χ0v) is 15.4. The van der Waals surface area contributed by atoms with Gasteiger partial charge >= 0.3 is 0 Å². The smallest absolute Gasteiger partial charge is 0.127 e. The quantitative estimate of drug-likeness (QED) is 0.824. The molecular formula is C19H32N4O. The molecule has 134 valence electrons. The van der Waals surface area contributed by atoms with E-state index >= 15 is 0 Å². The fourth-order valence-corrected chi connectivity index (χ4v) is 3.91. The lowest BCUT2D eigenvalue weighted by Crippen LogP contribution is -2.48. The average molecular weight is 332 g/mol. The molecule has 5 nitrogen and oxygen atoms in total. The highest BCUT2D eigenvalue weighted by Gasteiger charge is 2.28. The molecule has 0 saturated carbocycles. The minimum Gasteiger partial charge on any atom is -0.379 e. The lowest BCUT2D eigenvalue weighted by atomic mass is 9.89. The van der Waals surface area contributed by atoms with Crippen molar-refractivity contribution in [2.24, 2.45) is 5.92 Å². The van der Waals surface area contributed by atoms with E-state index < -0.39 is 0 Å². The highest BCUT2D eigenvalue weighted by molar-refractivity contribution is 5.37. The Labute approximate surface area is 146 Å². The normalized spacial score (nSPS) is 22.5. The number of pyridine rings is 1. The first-order valence-corrected chi connectivity index (χ1v) is 9.30. The van der Waals surface area contributed by atoms with Crippen molar-refractivity contribution in [1.29, 1.82) is 0 Å². The summed E-state index contributed by atoms with van der Waals surface area (Å²) in [6.07, 6.45) is 4.64. The summed E-state index contributed by atoms with van der Waals surface area (Å²) in [6.45, 7) is 9.85. The van der Waals surface area contributed by atoms with Crippen LogP contribution in [0.3, 0.4) is 0 Å². The van der Waals surface area contributed by atoms with E-state index in [-0.39, 0.29) is 0 Å². The largest absolute Gasteiger partial charge is 0.379 e. The summed E-state index contributed by atoms with van der Waals surface area (Å²) >= 11 is 0. The first-order valence-electron chi connectivity index (χ1n) is 9.30. The summed E-state index contributed by atoms with van der Waals surface area (Å²) in [5.74, 6) is 1.85. The van der Waals surface area contributed by atoms with Crippen LogP contribution in [0.15, 0.2) is 18.3 Å². The van der Waals surface area contributed by atoms with Crippen LogP contribution in [0.5, 0.6) is 0 Å². The van der Waals surface area contributed by atoms with E-state index in [2.05, 4.69) is 33.8 Å². The van der Waals surface area contributed by atoms with Gasteiger partial charge < -0.3 is 9.64 Å². The number of hydrogen-bond donors (Lipinski definition) is 0. The molecule has 0 spiro atoms. The number of morpholine rings is 1. The van der Waals surface area contributed by atoms with Crippen LogP contribution in [0.25, 0.3) is 0 Å². The van der Waals surface area contributed by atoms with Crippen molar-refractivity contribution in [3.05, 3.63) is 23.9 Å². The van der Waals surface area contributed by atoms with E-state index in [1.807, 2.05) is 25.2 Å². The van der Waals surface area contributed by atoms with Gasteiger partial charge in [0, 0.05) is 46.0 Å². The predicted molar refractivity (Wildman–Crippen MR) is 98.4 cm³/mol. The number of hydrogen-bond acceptors (Lipinski definition) is 5. The molecule has 2 fully saturated rings. The summed E-state index contributed by atoms with van der Waals surface area (Å²) in [4.78, 5) is 11.8. The molecule has 0 aromatic carbocycles. The molecule has 3 heterocycles. The molecule has 0 aliphatic carbocycles. The molecule has 1 unspecified atom stereocenters. The molecular weight excluding hydrogens is 300 g/mol. The zero-order chi connectivity index (χ0) is 16.9. The summed E-state index contributed by atoms with van der Waals surface area (Å²) in [7, 11) is 4.06. The fourth-order valence-electron chi connectivity index (χ4n) is 3.91. The van der Waals surface area contributed by atoms with Gasteiger partial charge in [-0.15, -0.1) is 0 Å². The Balaban J connectivity index is 1.46. The molecule has 0 amide bonds. The second-order valence-electron chi connectivity index (χ2n) is 7.42. The number of aromatic nitrogens is 1. The molecule has 1 aromatic rings. The molecule has 0 N–H and O–H groups in total. The molecule has 1 atom stereocenters. The number of anilines is 1. The fraction of sp³-hybridized carbons (Fsp3) is 0.737. The van der Waals surface area contributed by atoms with Gasteiger partial charge in [-0.1, -0.05) is 6.07 Å². The number of piperidine rings is 1. The molecule has 1 aromatic heterocycles. The lowest BCUT2D eigenvalue weighted by Gasteiger charge is -2.41. The van der Waals surface area contributed by atoms with Crippen LogP contribution in [-0.4, -0.2) is 74.3 Å². The van der Waals surface area contributed by atoms with Crippen LogP contribution in [0, 0.1) is 5.92 Å². The van der Waals surface area contributed by atoms with E-state index in [0.29, 0.717) is 6.04 Å². The summed E-state index contributed by atoms with van der Waals surface area (Å²) in [6, 6.07) is 5.02. The summed E-state index contributed by atoms with van der Waals surface area (Å²) < 4.78 is 5.48. The van der Waals surface area contributed by atoms with Crippen LogP contribution in [-0.2, 0) is 11.3 Å². The molecule has 24 heavy (non-hydrogen) atoms. The van der Waals surface area contributed by atoms with Gasteiger partial charge in [0.25, 0.3) is 0 Å². The Bertz CT molecular complexity index is 491. The molecule has 0 bridgehead atoms. The van der Waals surface area contributed by atoms with Crippen molar-refractivity contribution in [2.75, 3.05) is 58.4 Å². The van der Waals surface area contributed by atoms with Crippen molar-refractivity contribution in [1.82, 2.24) is 14.8 Å². The standard InChI is InChI=1S/C19H32N4O/c1-16(23-10-12-24-13-11-23)18-6-8-22(9-7-18)15-17-4-5-19(20-14-17)21(2)3/h4-5,14,16,18H,6-13,15H2,1-3H3. The monoisotopic (exact) mass is 332 g/mol. The summed E-state index contributed by atoms with van der Waals surface area (Å²) in [5, 5.41) is 0. The molecule has 2 aliphatic rings. The minimum absolute atomic E-state index is 0.692. The second-order valence-corrected chi connectivity index (χ2v) is 7.42. The molecule has 0 radical (unpaired) electrons. The number of nitrogens with zero attached hydrogens (tertiary/aromatic N) is 4. The van der Waals surface area contributed by atoms with Crippen LogP contribution in [0.4, 0.5) is 5.82 Å². The van der Waals surface area contributed by atoms with E-state index in [4.69, 9.17) is 4.74 Å². The Morgan fingerprint density at radius 1 is 1.17 bits per heavy atom. The van der Waals surface area contributed by atoms with Gasteiger partial charge in [0.2, 0.25) is 0 Å². The van der Waals surface area contributed by atoms with Gasteiger partial charge in [-0.2, -0.15) is 0 Å². The van der Waals surface area contributed by atoms with E-state index in [1.54, 1.807) is 0 Å². The first kappa shape index (κ1) is 17.6. The van der Waals surface area contributed by atoms with Gasteiger partial charge in [-0.25, -0.2) is 4.98 Å². The third-order valence-electron chi connectivity index (χ3n) is 5.61. The topological polar surface area (TPSA) is 31.8 Å². The number of likely N-dealkylation sites (tertiary alicyclic amines) is 1. The molecule has 2 saturated heterocycles. The number of rotatable bonds is 5. The Morgan fingerprint density at radius 2 is 1.88 bits per heavy atom. The highest BCUT2D eigenvalue weighted by Crippen LogP contribution is 2.25. The average Bonchev–Trinajstić information content (AvgIpc) is 2.63. The van der Waals surface area contributed by atoms with Gasteiger partial charge in [-0.3, -0.25) is 9.80 Å². The second kappa shape index (κ2) is 8.28. The maximum Gasteiger partial charge on any atom is 0.127 e. The lowest BCUT2D eigenvalue weighted by molar-refractivity contribution is -0.00192. The van der Waals surface area contributed by atoms with Crippen molar-refractivity contribution in [3.8, 4) is 0 Å². The van der Waals surface area contributed by atoms with Gasteiger partial charge in [0.05, 0.1) is 13.2 Å². The van der Waals surface area contributed by atoms with E-state index in [0.717, 1.165) is 44.6 Å². The Morgan fingerprint density at radius 3 is 2.46 bits per heavy atom. The van der Waals surface area contributed by atoms with Gasteiger partial charge in [0.1, 0.15) is 5.82 Å². The van der Waals surface area contributed by atoms with Gasteiger partial charge in [-0.05, 0) is 50.4 Å². The van der Waals surface area contributed by atoms with Crippen LogP contribution in [0.1, 0.15) is 25.3 Å². The molecule has 5 heteroatoms. The van der Waals surface area contributed by atoms with Crippen molar-refractivity contribution < 1.29 is 4.74 Å². The highest BCUT2D eigenvalue weighted by atomic mass is 16.5. The van der Waals surface area contributed by atoms with Crippen molar-refractivity contribution in [2.45, 2.75) is 32.4 Å². The zero-order valence-electron chi connectivity index (χ0n) is 15.4. The number of ether oxygens (including phenoxy) is 1. The first-order chi connectivity index (χ1) is 11.6. The molecule has 3 rings (SSSR count). The van der Waals surface area contributed by atoms with Crippen molar-refractivity contribution in [3.63, 3.8) is 0 Å². The van der Waals surface area contributed by atoms with Gasteiger partial charge in [0.15, 0.2) is 0 Å². The van der Waals surface area contributed by atoms with Crippen LogP contribution in [0.2, 0.25) is 0 Å². The van der Waals surface area contributed by atoms with Crippen LogP contribution >= 0.6 is 0 Å². The summed E-state index contributed by atoms with van der Waals surface area (Å²) in [5.41, 5.74) is 1.32.